The van der Waals surface area contributed by atoms with Crippen LogP contribution in [0.2, 0.25) is 0 Å². The fourth-order valence-electron chi connectivity index (χ4n) is 1.03. The van der Waals surface area contributed by atoms with E-state index in [0.717, 1.165) is 5.56 Å². The maximum atomic E-state index is 11.9. The lowest BCUT2D eigenvalue weighted by molar-refractivity contribution is -0.201. The molecule has 0 aliphatic carbocycles. The van der Waals surface area contributed by atoms with Crippen molar-refractivity contribution in [3.05, 3.63) is 18.0 Å². The van der Waals surface area contributed by atoms with Crippen LogP contribution in [0.3, 0.4) is 0 Å². The van der Waals surface area contributed by atoms with Gasteiger partial charge in [-0.1, -0.05) is 0 Å². The zero-order valence-corrected chi connectivity index (χ0v) is 8.12. The minimum atomic E-state index is -4.57. The monoisotopic (exact) mass is 223 g/mol. The molecule has 0 amide bonds. The summed E-state index contributed by atoms with van der Waals surface area (Å²) in [5, 5.41) is 15.0. The predicted octanol–water partition coefficient (Wildman–Crippen LogP) is 0.433. The molecule has 2 N–H and O–H groups in total. The van der Waals surface area contributed by atoms with Gasteiger partial charge >= 0.3 is 6.18 Å². The third-order valence-corrected chi connectivity index (χ3v) is 1.80. The van der Waals surface area contributed by atoms with Crippen molar-refractivity contribution in [3.8, 4) is 0 Å². The molecule has 1 aromatic heterocycles. The Morgan fingerprint density at radius 2 is 2.27 bits per heavy atom. The van der Waals surface area contributed by atoms with Gasteiger partial charge in [-0.25, -0.2) is 0 Å². The molecule has 1 atom stereocenters. The normalized spacial score (nSPS) is 14.2. The minimum Gasteiger partial charge on any atom is -0.382 e. The van der Waals surface area contributed by atoms with Gasteiger partial charge in [0.2, 0.25) is 0 Å². The van der Waals surface area contributed by atoms with Crippen LogP contribution in [0.4, 0.5) is 13.2 Å². The minimum absolute atomic E-state index is 0.251. The van der Waals surface area contributed by atoms with E-state index in [0.29, 0.717) is 0 Å². The van der Waals surface area contributed by atoms with Crippen molar-refractivity contribution in [2.24, 2.45) is 7.05 Å². The van der Waals surface area contributed by atoms with Crippen molar-refractivity contribution in [2.45, 2.75) is 18.8 Å². The fraction of sp³-hybridized carbons (Fsp3) is 0.625. The van der Waals surface area contributed by atoms with Gasteiger partial charge in [0.05, 0.1) is 6.20 Å². The summed E-state index contributed by atoms with van der Waals surface area (Å²) in [5.41, 5.74) is 0.770. The molecule has 0 saturated carbocycles. The van der Waals surface area contributed by atoms with Crippen LogP contribution >= 0.6 is 0 Å². The smallest absolute Gasteiger partial charge is 0.382 e. The van der Waals surface area contributed by atoms with Crippen molar-refractivity contribution in [2.75, 3.05) is 6.54 Å². The van der Waals surface area contributed by atoms with Gasteiger partial charge in [0.25, 0.3) is 0 Å². The number of hydrogen-bond donors (Lipinski definition) is 2. The van der Waals surface area contributed by atoms with Crippen molar-refractivity contribution in [3.63, 3.8) is 0 Å². The van der Waals surface area contributed by atoms with Crippen LogP contribution < -0.4 is 5.32 Å². The summed E-state index contributed by atoms with van der Waals surface area (Å²) in [5.74, 6) is 0. The van der Waals surface area contributed by atoms with Crippen LogP contribution in [-0.4, -0.2) is 33.7 Å². The van der Waals surface area contributed by atoms with Crippen molar-refractivity contribution < 1.29 is 18.3 Å². The molecule has 0 aliphatic rings. The van der Waals surface area contributed by atoms with E-state index in [-0.39, 0.29) is 6.54 Å². The predicted molar refractivity (Wildman–Crippen MR) is 47.0 cm³/mol. The first-order valence-electron chi connectivity index (χ1n) is 4.32. The van der Waals surface area contributed by atoms with E-state index in [9.17, 15) is 13.2 Å². The van der Waals surface area contributed by atoms with Gasteiger partial charge in [-0.2, -0.15) is 18.3 Å². The van der Waals surface area contributed by atoms with Crippen LogP contribution in [0, 0.1) is 0 Å². The second-order valence-corrected chi connectivity index (χ2v) is 3.21. The number of nitrogens with zero attached hydrogens (tertiary/aromatic N) is 2. The van der Waals surface area contributed by atoms with Crippen LogP contribution in [-0.2, 0) is 13.6 Å². The number of aliphatic hydroxyl groups excluding tert-OH is 1. The number of aromatic nitrogens is 2. The highest BCUT2D eigenvalue weighted by Crippen LogP contribution is 2.19. The molecule has 4 nitrogen and oxygen atoms in total. The van der Waals surface area contributed by atoms with Gasteiger partial charge in [0.15, 0.2) is 6.10 Å². The van der Waals surface area contributed by atoms with Crippen LogP contribution in [0.15, 0.2) is 12.4 Å². The van der Waals surface area contributed by atoms with E-state index in [1.807, 2.05) is 0 Å². The summed E-state index contributed by atoms with van der Waals surface area (Å²) in [6.07, 6.45) is -3.66. The molecule has 1 aromatic rings. The third kappa shape index (κ3) is 3.88. The van der Waals surface area contributed by atoms with E-state index in [1.54, 1.807) is 24.1 Å². The summed E-state index contributed by atoms with van der Waals surface area (Å²) in [6.45, 7) is -0.265. The van der Waals surface area contributed by atoms with Crippen LogP contribution in [0.25, 0.3) is 0 Å². The van der Waals surface area contributed by atoms with Crippen LogP contribution in [0.1, 0.15) is 5.56 Å². The third-order valence-electron chi connectivity index (χ3n) is 1.80. The standard InChI is InChI=1S/C8H12F3N3O/c1-14-5-6(3-13-14)2-12-4-7(15)8(9,10)11/h3,5,7,12,15H,2,4H2,1H3. The van der Waals surface area contributed by atoms with E-state index in [1.165, 1.54) is 0 Å². The average Bonchev–Trinajstić information content (AvgIpc) is 2.49. The first-order valence-corrected chi connectivity index (χ1v) is 4.32. The molecule has 1 unspecified atom stereocenters. The maximum absolute atomic E-state index is 11.9. The van der Waals surface area contributed by atoms with Gasteiger partial charge in [-0.3, -0.25) is 4.68 Å². The molecule has 1 rings (SSSR count). The molecular formula is C8H12F3N3O. The first kappa shape index (κ1) is 12.0. The average molecular weight is 223 g/mol. The van der Waals surface area contributed by atoms with Gasteiger partial charge in [0.1, 0.15) is 0 Å². The largest absolute Gasteiger partial charge is 0.415 e. The molecule has 86 valence electrons. The summed E-state index contributed by atoms with van der Waals surface area (Å²) < 4.78 is 37.2. The lowest BCUT2D eigenvalue weighted by Gasteiger charge is -2.14. The van der Waals surface area contributed by atoms with Gasteiger partial charge in [-0.15, -0.1) is 0 Å². The molecule has 0 aliphatic heterocycles. The van der Waals surface area contributed by atoms with Gasteiger partial charge in [0, 0.05) is 31.9 Å². The van der Waals surface area contributed by atoms with E-state index < -0.39 is 18.8 Å². The van der Waals surface area contributed by atoms with Crippen molar-refractivity contribution in [1.82, 2.24) is 15.1 Å². The highest BCUT2D eigenvalue weighted by molar-refractivity contribution is 5.02. The molecule has 0 bridgehead atoms. The number of nitrogens with one attached hydrogen (secondary N) is 1. The first-order chi connectivity index (χ1) is 6.89. The molecule has 0 radical (unpaired) electrons. The topological polar surface area (TPSA) is 50.1 Å². The molecule has 0 fully saturated rings. The second-order valence-electron chi connectivity index (χ2n) is 3.21. The Morgan fingerprint density at radius 1 is 1.60 bits per heavy atom. The molecule has 15 heavy (non-hydrogen) atoms. The number of aliphatic hydroxyl groups is 1. The summed E-state index contributed by atoms with van der Waals surface area (Å²) in [6, 6.07) is 0. The Balaban J connectivity index is 2.28. The van der Waals surface area contributed by atoms with Crippen molar-refractivity contribution in [1.29, 1.82) is 0 Å². The lowest BCUT2D eigenvalue weighted by Crippen LogP contribution is -2.38. The van der Waals surface area contributed by atoms with E-state index in [2.05, 4.69) is 10.4 Å². The summed E-state index contributed by atoms with van der Waals surface area (Å²) >= 11 is 0. The quantitative estimate of drug-likeness (QED) is 0.778. The molecule has 1 heterocycles. The number of aryl methyl sites for hydroxylation is 1. The van der Waals surface area contributed by atoms with Crippen LogP contribution in [0.5, 0.6) is 0 Å². The van der Waals surface area contributed by atoms with Crippen molar-refractivity contribution >= 4 is 0 Å². The number of halogens is 3. The lowest BCUT2D eigenvalue weighted by atomic mass is 10.3. The molecule has 7 heteroatoms. The maximum Gasteiger partial charge on any atom is 0.415 e. The Labute approximate surface area is 84.7 Å². The molecular weight excluding hydrogens is 211 g/mol. The molecule has 0 saturated heterocycles. The number of rotatable bonds is 4. The Morgan fingerprint density at radius 3 is 2.73 bits per heavy atom. The Kier molecular flexibility index (Phi) is 3.70. The Bertz CT molecular complexity index is 310. The highest BCUT2D eigenvalue weighted by Gasteiger charge is 2.37. The van der Waals surface area contributed by atoms with E-state index >= 15 is 0 Å². The SMILES string of the molecule is Cn1cc(CNCC(O)C(F)(F)F)cn1. The Hall–Kier alpha value is -1.08. The van der Waals surface area contributed by atoms with E-state index in [4.69, 9.17) is 5.11 Å². The number of alkyl halides is 3. The number of hydrogen-bond acceptors (Lipinski definition) is 3. The second kappa shape index (κ2) is 4.63. The zero-order valence-electron chi connectivity index (χ0n) is 8.12. The molecule has 0 aromatic carbocycles. The molecule has 0 spiro atoms. The highest BCUT2D eigenvalue weighted by atomic mass is 19.4. The van der Waals surface area contributed by atoms with Gasteiger partial charge < -0.3 is 10.4 Å². The fourth-order valence-corrected chi connectivity index (χ4v) is 1.03. The zero-order chi connectivity index (χ0) is 11.5. The summed E-state index contributed by atoms with van der Waals surface area (Å²) in [7, 11) is 1.72. The summed E-state index contributed by atoms with van der Waals surface area (Å²) in [4.78, 5) is 0. The van der Waals surface area contributed by atoms with Gasteiger partial charge in [-0.05, 0) is 0 Å².